The van der Waals surface area contributed by atoms with Crippen molar-refractivity contribution in [2.24, 2.45) is 0 Å². The van der Waals surface area contributed by atoms with Gasteiger partial charge in [0.15, 0.2) is 0 Å². The van der Waals surface area contributed by atoms with Crippen molar-refractivity contribution < 1.29 is 13.3 Å². The predicted molar refractivity (Wildman–Crippen MR) is 63.0 cm³/mol. The second kappa shape index (κ2) is 6.03. The minimum absolute atomic E-state index is 0. The lowest BCUT2D eigenvalue weighted by molar-refractivity contribution is 0.140. The van der Waals surface area contributed by atoms with Crippen LogP contribution in [0.3, 0.4) is 0 Å². The number of hydrogen-bond donors (Lipinski definition) is 1. The molecule has 0 aliphatic heterocycles. The Morgan fingerprint density at radius 2 is 1.60 bits per heavy atom. The highest BCUT2D eigenvalue weighted by Crippen LogP contribution is 2.09. The Labute approximate surface area is 95.7 Å². The Kier molecular flexibility index (Phi) is 5.77. The van der Waals surface area contributed by atoms with Crippen molar-refractivity contribution in [2.45, 2.75) is 0 Å². The van der Waals surface area contributed by atoms with Gasteiger partial charge in [-0.15, -0.1) is 0 Å². The molecule has 0 spiro atoms. The van der Waals surface area contributed by atoms with Gasteiger partial charge in [0.05, 0.1) is 0 Å². The largest absolute Gasteiger partial charge is 0.536 e. The second-order valence-corrected chi connectivity index (χ2v) is 5.71. The van der Waals surface area contributed by atoms with Crippen molar-refractivity contribution in [3.05, 3.63) is 24.3 Å². The maximum absolute atomic E-state index is 5.67. The summed E-state index contributed by atoms with van der Waals surface area (Å²) in [5.41, 5.74) is 6.35. The molecule has 0 aliphatic rings. The van der Waals surface area contributed by atoms with Crippen LogP contribution in [0.15, 0.2) is 24.3 Å². The molecule has 4 radical (unpaired) electrons. The third kappa shape index (κ3) is 2.89. The van der Waals surface area contributed by atoms with Crippen LogP contribution < -0.4 is 10.9 Å². The van der Waals surface area contributed by atoms with Crippen molar-refractivity contribution >= 4 is 30.6 Å². The van der Waals surface area contributed by atoms with Gasteiger partial charge in [-0.05, 0) is 12.1 Å². The molecule has 6 heteroatoms. The molecule has 4 nitrogen and oxygen atoms in total. The molecule has 0 atom stereocenters. The second-order valence-electron chi connectivity index (χ2n) is 2.79. The van der Waals surface area contributed by atoms with Gasteiger partial charge in [-0.2, -0.15) is 0 Å². The number of hydrogen-bond acceptors (Lipinski definition) is 4. The van der Waals surface area contributed by atoms with Gasteiger partial charge >= 0.3 is 8.80 Å². The van der Waals surface area contributed by atoms with Gasteiger partial charge < -0.3 is 19.0 Å². The molecule has 0 unspecified atom stereocenters. The molecule has 1 rings (SSSR count). The molecule has 1 aromatic carbocycles. The zero-order chi connectivity index (χ0) is 10.6. The monoisotopic (exact) mass is 241 g/mol. The molecule has 1 aromatic rings. The van der Waals surface area contributed by atoms with E-state index in [4.69, 9.17) is 19.0 Å². The summed E-state index contributed by atoms with van der Waals surface area (Å²) in [6.45, 7) is 0. The van der Waals surface area contributed by atoms with Crippen LogP contribution in [0.4, 0.5) is 5.69 Å². The Morgan fingerprint density at radius 3 is 2.00 bits per heavy atom. The SMILES string of the molecule is CO[Si](OC)(OC)c1cccc(N)c1.[Si]. The zero-order valence-corrected chi connectivity index (χ0v) is 11.1. The first-order chi connectivity index (χ1) is 6.68. The molecule has 0 bridgehead atoms. The van der Waals surface area contributed by atoms with Crippen LogP contribution in [0.5, 0.6) is 0 Å². The Morgan fingerprint density at radius 1 is 1.07 bits per heavy atom. The van der Waals surface area contributed by atoms with E-state index in [-0.39, 0.29) is 11.0 Å². The third-order valence-corrected chi connectivity index (χ3v) is 4.68. The topological polar surface area (TPSA) is 53.7 Å². The molecule has 0 saturated heterocycles. The molecule has 2 N–H and O–H groups in total. The Hall–Kier alpha value is -0.666. The van der Waals surface area contributed by atoms with Crippen molar-refractivity contribution in [3.8, 4) is 0 Å². The van der Waals surface area contributed by atoms with Crippen molar-refractivity contribution in [2.75, 3.05) is 27.1 Å². The van der Waals surface area contributed by atoms with Crippen LogP contribution in [0, 0.1) is 0 Å². The van der Waals surface area contributed by atoms with E-state index >= 15 is 0 Å². The van der Waals surface area contributed by atoms with E-state index < -0.39 is 8.80 Å². The standard InChI is InChI=1S/C9H15NO3Si.Si/c1-11-14(12-2,13-3)9-6-4-5-8(10)7-9;/h4-7H,10H2,1-3H3;. The van der Waals surface area contributed by atoms with Gasteiger partial charge in [-0.25, -0.2) is 0 Å². The molecular formula is C9H15NO3Si2. The fourth-order valence-corrected chi connectivity index (χ4v) is 3.18. The van der Waals surface area contributed by atoms with E-state index in [1.165, 1.54) is 0 Å². The van der Waals surface area contributed by atoms with Crippen LogP contribution >= 0.6 is 0 Å². The Bertz CT molecular complexity index is 297. The molecule has 82 valence electrons. The number of benzene rings is 1. The number of rotatable bonds is 4. The number of nitrogens with two attached hydrogens (primary N) is 1. The third-order valence-electron chi connectivity index (χ3n) is 2.05. The molecule has 0 amide bonds. The molecule has 15 heavy (non-hydrogen) atoms. The lowest BCUT2D eigenvalue weighted by Crippen LogP contribution is -2.54. The smallest absolute Gasteiger partial charge is 0.399 e. The summed E-state index contributed by atoms with van der Waals surface area (Å²) in [4.78, 5) is 0. The van der Waals surface area contributed by atoms with E-state index in [1.807, 2.05) is 24.3 Å². The Balaban J connectivity index is 0.00000196. The first-order valence-corrected chi connectivity index (χ1v) is 5.92. The van der Waals surface area contributed by atoms with Crippen LogP contribution in [-0.2, 0) is 13.3 Å². The molecule has 0 fully saturated rings. The fraction of sp³-hybridized carbons (Fsp3) is 0.333. The normalized spacial score (nSPS) is 10.9. The molecular weight excluding hydrogens is 226 g/mol. The van der Waals surface area contributed by atoms with Crippen LogP contribution in [0.25, 0.3) is 0 Å². The van der Waals surface area contributed by atoms with Crippen molar-refractivity contribution in [1.29, 1.82) is 0 Å². The highest BCUT2D eigenvalue weighted by molar-refractivity contribution is 6.75. The van der Waals surface area contributed by atoms with E-state index in [1.54, 1.807) is 21.3 Å². The van der Waals surface area contributed by atoms with Gasteiger partial charge in [0.2, 0.25) is 0 Å². The summed E-state index contributed by atoms with van der Waals surface area (Å²) in [5.74, 6) is 0. The quantitative estimate of drug-likeness (QED) is 0.594. The van der Waals surface area contributed by atoms with E-state index in [0.717, 1.165) is 5.19 Å². The fourth-order valence-electron chi connectivity index (χ4n) is 1.33. The van der Waals surface area contributed by atoms with Gasteiger partial charge in [-0.1, -0.05) is 12.1 Å². The first-order valence-electron chi connectivity index (χ1n) is 4.20. The summed E-state index contributed by atoms with van der Waals surface area (Å²) in [5, 5.41) is 0.866. The minimum atomic E-state index is -2.70. The zero-order valence-electron chi connectivity index (χ0n) is 9.11. The molecule has 0 aliphatic carbocycles. The lowest BCUT2D eigenvalue weighted by Gasteiger charge is -2.24. The first kappa shape index (κ1) is 14.3. The lowest BCUT2D eigenvalue weighted by atomic mass is 10.3. The van der Waals surface area contributed by atoms with Crippen LogP contribution in [0.1, 0.15) is 0 Å². The van der Waals surface area contributed by atoms with E-state index in [2.05, 4.69) is 0 Å². The molecule has 0 saturated carbocycles. The molecule has 0 heterocycles. The number of nitrogen functional groups attached to an aromatic ring is 1. The highest BCUT2D eigenvalue weighted by atomic mass is 28.4. The molecule has 0 aromatic heterocycles. The maximum Gasteiger partial charge on any atom is 0.536 e. The minimum Gasteiger partial charge on any atom is -0.399 e. The summed E-state index contributed by atoms with van der Waals surface area (Å²) in [6, 6.07) is 7.36. The summed E-state index contributed by atoms with van der Waals surface area (Å²) in [6.07, 6.45) is 0. The average Bonchev–Trinajstić information content (AvgIpc) is 2.22. The van der Waals surface area contributed by atoms with Crippen molar-refractivity contribution in [1.82, 2.24) is 0 Å². The average molecular weight is 241 g/mol. The number of anilines is 1. The van der Waals surface area contributed by atoms with Gasteiger partial charge in [0.1, 0.15) is 0 Å². The highest BCUT2D eigenvalue weighted by Gasteiger charge is 2.40. The van der Waals surface area contributed by atoms with E-state index in [9.17, 15) is 0 Å². The summed E-state index contributed by atoms with van der Waals surface area (Å²) < 4.78 is 15.9. The van der Waals surface area contributed by atoms with E-state index in [0.29, 0.717) is 5.69 Å². The maximum atomic E-state index is 5.67. The van der Waals surface area contributed by atoms with Gasteiger partial charge in [0, 0.05) is 43.2 Å². The van der Waals surface area contributed by atoms with Gasteiger partial charge in [0.25, 0.3) is 0 Å². The predicted octanol–water partition coefficient (Wildman–Crippen LogP) is -0.0269. The van der Waals surface area contributed by atoms with Gasteiger partial charge in [-0.3, -0.25) is 0 Å². The van der Waals surface area contributed by atoms with Crippen LogP contribution in [0.2, 0.25) is 0 Å². The summed E-state index contributed by atoms with van der Waals surface area (Å²) in [7, 11) is 2.01. The van der Waals surface area contributed by atoms with Crippen molar-refractivity contribution in [3.63, 3.8) is 0 Å². The van der Waals surface area contributed by atoms with Crippen LogP contribution in [-0.4, -0.2) is 41.1 Å². The summed E-state index contributed by atoms with van der Waals surface area (Å²) >= 11 is 0.